The molecule has 0 aliphatic carbocycles. The molecule has 0 bridgehead atoms. The molecule has 0 amide bonds. The van der Waals surface area contributed by atoms with Gasteiger partial charge in [-0.1, -0.05) is 12.1 Å². The Labute approximate surface area is 83.1 Å². The second kappa shape index (κ2) is 4.41. The van der Waals surface area contributed by atoms with Gasteiger partial charge in [0, 0.05) is 6.54 Å². The first kappa shape index (κ1) is 11.0. The van der Waals surface area contributed by atoms with Crippen molar-refractivity contribution < 1.29 is 13.2 Å². The molecule has 0 unspecified atom stereocenters. The molecule has 78 valence electrons. The quantitative estimate of drug-likeness (QED) is 0.742. The SMILES string of the molecule is COc1ccc(CNS(N)(=O)=O)cc1. The highest BCUT2D eigenvalue weighted by Gasteiger charge is 2.00. The first-order chi connectivity index (χ1) is 6.51. The maximum atomic E-state index is 10.6. The van der Waals surface area contributed by atoms with Crippen molar-refractivity contribution in [3.05, 3.63) is 29.8 Å². The number of methoxy groups -OCH3 is 1. The van der Waals surface area contributed by atoms with Crippen LogP contribution in [-0.2, 0) is 16.8 Å². The lowest BCUT2D eigenvalue weighted by atomic mass is 10.2. The van der Waals surface area contributed by atoms with Gasteiger partial charge in [0.1, 0.15) is 5.75 Å². The molecular weight excluding hydrogens is 204 g/mol. The summed E-state index contributed by atoms with van der Waals surface area (Å²) in [6.45, 7) is 0.183. The molecule has 0 saturated carbocycles. The van der Waals surface area contributed by atoms with Gasteiger partial charge in [-0.05, 0) is 17.7 Å². The van der Waals surface area contributed by atoms with Crippen LogP contribution < -0.4 is 14.6 Å². The van der Waals surface area contributed by atoms with Crippen molar-refractivity contribution in [3.63, 3.8) is 0 Å². The predicted octanol–water partition coefficient (Wildman–Crippen LogP) is -0.0117. The van der Waals surface area contributed by atoms with E-state index in [0.717, 1.165) is 11.3 Å². The van der Waals surface area contributed by atoms with Crippen LogP contribution in [0, 0.1) is 0 Å². The van der Waals surface area contributed by atoms with Gasteiger partial charge in [-0.25, -0.2) is 5.14 Å². The van der Waals surface area contributed by atoms with Crippen LogP contribution in [0.3, 0.4) is 0 Å². The van der Waals surface area contributed by atoms with Crippen molar-refractivity contribution in [2.75, 3.05) is 7.11 Å². The Morgan fingerprint density at radius 3 is 2.36 bits per heavy atom. The lowest BCUT2D eigenvalue weighted by Gasteiger charge is -2.03. The number of hydrogen-bond donors (Lipinski definition) is 2. The third-order valence-electron chi connectivity index (χ3n) is 1.64. The van der Waals surface area contributed by atoms with Crippen LogP contribution in [0.2, 0.25) is 0 Å². The van der Waals surface area contributed by atoms with E-state index in [2.05, 4.69) is 4.72 Å². The van der Waals surface area contributed by atoms with Crippen LogP contribution in [0.4, 0.5) is 0 Å². The lowest BCUT2D eigenvalue weighted by molar-refractivity contribution is 0.414. The normalized spacial score (nSPS) is 11.3. The summed E-state index contributed by atoms with van der Waals surface area (Å²) in [7, 11) is -2.05. The molecule has 0 spiro atoms. The van der Waals surface area contributed by atoms with E-state index in [9.17, 15) is 8.42 Å². The van der Waals surface area contributed by atoms with E-state index in [-0.39, 0.29) is 6.54 Å². The maximum absolute atomic E-state index is 10.6. The van der Waals surface area contributed by atoms with Crippen molar-refractivity contribution in [3.8, 4) is 5.75 Å². The van der Waals surface area contributed by atoms with Gasteiger partial charge in [0.15, 0.2) is 0 Å². The Morgan fingerprint density at radius 1 is 1.36 bits per heavy atom. The highest BCUT2D eigenvalue weighted by atomic mass is 32.2. The zero-order chi connectivity index (χ0) is 10.6. The predicted molar refractivity (Wildman–Crippen MR) is 52.9 cm³/mol. The largest absolute Gasteiger partial charge is 0.497 e. The van der Waals surface area contributed by atoms with E-state index in [0.29, 0.717) is 0 Å². The number of benzene rings is 1. The Balaban J connectivity index is 2.61. The molecule has 0 radical (unpaired) electrons. The molecule has 0 fully saturated rings. The molecule has 1 aromatic rings. The monoisotopic (exact) mass is 216 g/mol. The molecule has 0 saturated heterocycles. The van der Waals surface area contributed by atoms with Crippen molar-refractivity contribution in [2.24, 2.45) is 5.14 Å². The molecule has 14 heavy (non-hydrogen) atoms. The summed E-state index contributed by atoms with van der Waals surface area (Å²) in [6.07, 6.45) is 0. The molecule has 1 aromatic carbocycles. The van der Waals surface area contributed by atoms with Gasteiger partial charge in [-0.15, -0.1) is 0 Å². The standard InChI is InChI=1S/C8H12N2O3S/c1-13-8-4-2-7(3-5-8)6-10-14(9,11)12/h2-5,10H,6H2,1H3,(H2,9,11,12). The van der Waals surface area contributed by atoms with Gasteiger partial charge in [0.25, 0.3) is 10.2 Å². The van der Waals surface area contributed by atoms with Crippen molar-refractivity contribution in [1.82, 2.24) is 4.72 Å². The second-order valence-corrected chi connectivity index (χ2v) is 4.09. The molecule has 3 N–H and O–H groups in total. The van der Waals surface area contributed by atoms with Crippen LogP contribution in [0.15, 0.2) is 24.3 Å². The minimum atomic E-state index is -3.62. The Kier molecular flexibility index (Phi) is 3.45. The van der Waals surface area contributed by atoms with E-state index in [1.54, 1.807) is 31.4 Å². The van der Waals surface area contributed by atoms with Gasteiger partial charge < -0.3 is 4.74 Å². The van der Waals surface area contributed by atoms with E-state index in [1.807, 2.05) is 0 Å². The summed E-state index contributed by atoms with van der Waals surface area (Å²) in [5.74, 6) is 0.726. The third kappa shape index (κ3) is 3.73. The first-order valence-electron chi connectivity index (χ1n) is 3.91. The summed E-state index contributed by atoms with van der Waals surface area (Å²) < 4.78 is 28.3. The van der Waals surface area contributed by atoms with Crippen molar-refractivity contribution >= 4 is 10.2 Å². The minimum Gasteiger partial charge on any atom is -0.497 e. The molecule has 5 nitrogen and oxygen atoms in total. The fourth-order valence-electron chi connectivity index (χ4n) is 0.927. The smallest absolute Gasteiger partial charge is 0.274 e. The van der Waals surface area contributed by atoms with Crippen LogP contribution in [0.25, 0.3) is 0 Å². The maximum Gasteiger partial charge on any atom is 0.274 e. The molecule has 0 aromatic heterocycles. The van der Waals surface area contributed by atoms with Crippen molar-refractivity contribution in [1.29, 1.82) is 0 Å². The van der Waals surface area contributed by atoms with E-state index >= 15 is 0 Å². The van der Waals surface area contributed by atoms with E-state index in [1.165, 1.54) is 0 Å². The highest BCUT2D eigenvalue weighted by Crippen LogP contribution is 2.10. The van der Waals surface area contributed by atoms with Gasteiger partial charge in [-0.2, -0.15) is 13.1 Å². The summed E-state index contributed by atoms with van der Waals surface area (Å²) in [4.78, 5) is 0. The average Bonchev–Trinajstić information content (AvgIpc) is 2.14. The van der Waals surface area contributed by atoms with Crippen LogP contribution >= 0.6 is 0 Å². The van der Waals surface area contributed by atoms with Crippen molar-refractivity contribution in [2.45, 2.75) is 6.54 Å². The topological polar surface area (TPSA) is 81.4 Å². The van der Waals surface area contributed by atoms with Gasteiger partial charge >= 0.3 is 0 Å². The molecular formula is C8H12N2O3S. The minimum absolute atomic E-state index is 0.183. The Bertz CT molecular complexity index is 386. The molecule has 0 heterocycles. The third-order valence-corrected chi connectivity index (χ3v) is 2.18. The average molecular weight is 216 g/mol. The van der Waals surface area contributed by atoms with Gasteiger partial charge in [0.05, 0.1) is 7.11 Å². The molecule has 1 rings (SSSR count). The number of hydrogen-bond acceptors (Lipinski definition) is 3. The Hall–Kier alpha value is -1.11. The molecule has 0 aliphatic rings. The zero-order valence-corrected chi connectivity index (χ0v) is 8.54. The summed E-state index contributed by atoms with van der Waals surface area (Å²) in [5.41, 5.74) is 0.819. The fourth-order valence-corrected chi connectivity index (χ4v) is 1.30. The van der Waals surface area contributed by atoms with Gasteiger partial charge in [0.2, 0.25) is 0 Å². The number of nitrogens with two attached hydrogens (primary N) is 1. The summed E-state index contributed by atoms with van der Waals surface area (Å²) in [6, 6.07) is 7.02. The van der Waals surface area contributed by atoms with Crippen LogP contribution in [0.5, 0.6) is 5.75 Å². The van der Waals surface area contributed by atoms with E-state index < -0.39 is 10.2 Å². The molecule has 0 atom stereocenters. The first-order valence-corrected chi connectivity index (χ1v) is 5.46. The lowest BCUT2D eigenvalue weighted by Crippen LogP contribution is -2.30. The number of nitrogens with one attached hydrogen (secondary N) is 1. The molecule has 0 aliphatic heterocycles. The fraction of sp³-hybridized carbons (Fsp3) is 0.250. The van der Waals surface area contributed by atoms with Crippen LogP contribution in [0.1, 0.15) is 5.56 Å². The second-order valence-electron chi connectivity index (χ2n) is 2.71. The van der Waals surface area contributed by atoms with E-state index in [4.69, 9.17) is 9.88 Å². The van der Waals surface area contributed by atoms with Crippen LogP contribution in [-0.4, -0.2) is 15.5 Å². The summed E-state index contributed by atoms with van der Waals surface area (Å²) >= 11 is 0. The molecule has 6 heteroatoms. The highest BCUT2D eigenvalue weighted by molar-refractivity contribution is 7.87. The Morgan fingerprint density at radius 2 is 1.93 bits per heavy atom. The summed E-state index contributed by atoms with van der Waals surface area (Å²) in [5, 5.41) is 4.78. The number of rotatable bonds is 4. The number of ether oxygens (including phenoxy) is 1. The van der Waals surface area contributed by atoms with Gasteiger partial charge in [-0.3, -0.25) is 0 Å². The zero-order valence-electron chi connectivity index (χ0n) is 7.73.